The molecule has 4 nitrogen and oxygen atoms in total. The van der Waals surface area contributed by atoms with Crippen LogP contribution in [0.5, 0.6) is 0 Å². The smallest absolute Gasteiger partial charge is 0.186 e. The third-order valence-corrected chi connectivity index (χ3v) is 3.00. The molecule has 0 fully saturated rings. The molecular formula is C14H16ClFN2O2. The number of rotatable bonds is 5. The van der Waals surface area contributed by atoms with E-state index in [0.29, 0.717) is 18.7 Å². The Kier molecular flexibility index (Phi) is 6.18. The molecule has 0 aliphatic heterocycles. The number of benzene rings is 1. The van der Waals surface area contributed by atoms with Crippen LogP contribution in [-0.2, 0) is 16.1 Å². The summed E-state index contributed by atoms with van der Waals surface area (Å²) in [5, 5.41) is 0.0554. The summed E-state index contributed by atoms with van der Waals surface area (Å²) in [6, 6.07) is 4.46. The number of carbonyl (C=O) groups is 1. The largest absolute Gasteiger partial charge is 0.492 e. The average molecular weight is 299 g/mol. The van der Waals surface area contributed by atoms with E-state index in [1.165, 1.54) is 25.4 Å². The second-order valence-electron chi connectivity index (χ2n) is 4.00. The van der Waals surface area contributed by atoms with E-state index < -0.39 is 5.82 Å². The highest BCUT2D eigenvalue weighted by Crippen LogP contribution is 2.18. The first-order valence-electron chi connectivity index (χ1n) is 5.86. The number of hydrogen-bond acceptors (Lipinski definition) is 3. The van der Waals surface area contributed by atoms with Gasteiger partial charge in [0.25, 0.3) is 0 Å². The Labute approximate surface area is 122 Å². The monoisotopic (exact) mass is 298 g/mol. The van der Waals surface area contributed by atoms with E-state index in [4.69, 9.17) is 16.3 Å². The first-order valence-corrected chi connectivity index (χ1v) is 6.24. The Hall–Kier alpha value is -1.88. The summed E-state index contributed by atoms with van der Waals surface area (Å²) in [6.07, 6.45) is 2.14. The molecule has 108 valence electrons. The molecule has 6 heteroatoms. The van der Waals surface area contributed by atoms with E-state index in [2.05, 4.69) is 4.99 Å². The van der Waals surface area contributed by atoms with E-state index in [1.54, 1.807) is 24.9 Å². The van der Waals surface area contributed by atoms with Crippen molar-refractivity contribution in [3.05, 3.63) is 46.6 Å². The molecule has 0 saturated heterocycles. The van der Waals surface area contributed by atoms with Crippen molar-refractivity contribution < 1.29 is 13.9 Å². The first-order chi connectivity index (χ1) is 9.51. The molecule has 0 aliphatic carbocycles. The van der Waals surface area contributed by atoms with Gasteiger partial charge in [0.05, 0.1) is 24.2 Å². The summed E-state index contributed by atoms with van der Waals surface area (Å²) in [5.41, 5.74) is 0.789. The lowest BCUT2D eigenvalue weighted by Crippen LogP contribution is -2.23. The summed E-state index contributed by atoms with van der Waals surface area (Å²) in [6.45, 7) is 2.18. The summed E-state index contributed by atoms with van der Waals surface area (Å²) >= 11 is 5.75. The minimum Gasteiger partial charge on any atom is -0.492 e. The van der Waals surface area contributed by atoms with Crippen LogP contribution in [0.15, 0.2) is 35.2 Å². The van der Waals surface area contributed by atoms with Crippen LogP contribution < -0.4 is 0 Å². The molecule has 1 aromatic rings. The Bertz CT molecular complexity index is 544. The summed E-state index contributed by atoms with van der Waals surface area (Å²) in [4.78, 5) is 16.6. The molecule has 0 heterocycles. The fourth-order valence-corrected chi connectivity index (χ4v) is 1.70. The van der Waals surface area contributed by atoms with E-state index in [9.17, 15) is 9.18 Å². The Morgan fingerprint density at radius 1 is 1.55 bits per heavy atom. The maximum Gasteiger partial charge on any atom is 0.186 e. The van der Waals surface area contributed by atoms with Crippen LogP contribution in [0, 0.1) is 5.82 Å². The molecule has 20 heavy (non-hydrogen) atoms. The topological polar surface area (TPSA) is 41.9 Å². The zero-order chi connectivity index (χ0) is 15.1. The van der Waals surface area contributed by atoms with Crippen LogP contribution in [0.1, 0.15) is 12.5 Å². The molecule has 0 atom stereocenters. The predicted molar refractivity (Wildman–Crippen MR) is 77.1 cm³/mol. The number of methoxy groups -OCH3 is 1. The van der Waals surface area contributed by atoms with Crippen molar-refractivity contribution in [1.82, 2.24) is 4.90 Å². The Morgan fingerprint density at radius 3 is 2.75 bits per heavy atom. The van der Waals surface area contributed by atoms with E-state index in [-0.39, 0.29) is 10.8 Å². The highest BCUT2D eigenvalue weighted by molar-refractivity contribution is 6.30. The van der Waals surface area contributed by atoms with Gasteiger partial charge in [-0.25, -0.2) is 4.39 Å². The molecule has 0 radical (unpaired) electrons. The Balaban J connectivity index is 3.04. The maximum absolute atomic E-state index is 13.1. The standard InChI is InChI=1S/C14H16ClFN2O2/c1-10(17-2)18(8-12(9-19)20-3)7-11-4-5-14(16)13(15)6-11/h4-6,8-9H,7H2,1-3H3/b12-8+,17-10?. The van der Waals surface area contributed by atoms with Gasteiger partial charge in [-0.15, -0.1) is 0 Å². The number of ether oxygens (including phenoxy) is 1. The quantitative estimate of drug-likeness (QED) is 0.276. The first kappa shape index (κ1) is 16.2. The molecule has 1 aromatic carbocycles. The molecule has 0 spiro atoms. The minimum atomic E-state index is -0.469. The van der Waals surface area contributed by atoms with Crippen molar-refractivity contribution in [2.24, 2.45) is 4.99 Å². The van der Waals surface area contributed by atoms with Gasteiger partial charge < -0.3 is 9.64 Å². The lowest BCUT2D eigenvalue weighted by molar-refractivity contribution is -0.107. The Morgan fingerprint density at radius 2 is 2.25 bits per heavy atom. The van der Waals surface area contributed by atoms with Crippen LogP contribution in [0.4, 0.5) is 4.39 Å². The number of halogens is 2. The van der Waals surface area contributed by atoms with E-state index in [1.807, 2.05) is 0 Å². The van der Waals surface area contributed by atoms with Crippen molar-refractivity contribution in [2.75, 3.05) is 14.2 Å². The predicted octanol–water partition coefficient (Wildman–Crippen LogP) is 3.02. The highest BCUT2D eigenvalue weighted by atomic mass is 35.5. The van der Waals surface area contributed by atoms with Crippen LogP contribution in [0.2, 0.25) is 5.02 Å². The average Bonchev–Trinajstić information content (AvgIpc) is 2.46. The van der Waals surface area contributed by atoms with E-state index in [0.717, 1.165) is 5.56 Å². The van der Waals surface area contributed by atoms with Gasteiger partial charge in [0, 0.05) is 13.6 Å². The number of amidine groups is 1. The van der Waals surface area contributed by atoms with Gasteiger partial charge in [-0.3, -0.25) is 9.79 Å². The lowest BCUT2D eigenvalue weighted by atomic mass is 10.2. The van der Waals surface area contributed by atoms with Gasteiger partial charge >= 0.3 is 0 Å². The summed E-state index contributed by atoms with van der Waals surface area (Å²) in [7, 11) is 3.05. The van der Waals surface area contributed by atoms with Gasteiger partial charge in [0.15, 0.2) is 12.0 Å². The fraction of sp³-hybridized carbons (Fsp3) is 0.286. The van der Waals surface area contributed by atoms with Crippen LogP contribution in [-0.4, -0.2) is 31.2 Å². The minimum absolute atomic E-state index is 0.0554. The van der Waals surface area contributed by atoms with Gasteiger partial charge in [-0.1, -0.05) is 17.7 Å². The normalized spacial score (nSPS) is 12.2. The molecule has 0 N–H and O–H groups in total. The van der Waals surface area contributed by atoms with Gasteiger partial charge in [0.1, 0.15) is 5.82 Å². The fourth-order valence-electron chi connectivity index (χ4n) is 1.50. The number of aldehydes is 1. The molecule has 0 aromatic heterocycles. The van der Waals surface area contributed by atoms with Crippen LogP contribution in [0.25, 0.3) is 0 Å². The van der Waals surface area contributed by atoms with Crippen molar-refractivity contribution in [1.29, 1.82) is 0 Å². The van der Waals surface area contributed by atoms with Crippen LogP contribution in [0.3, 0.4) is 0 Å². The zero-order valence-corrected chi connectivity index (χ0v) is 12.3. The second-order valence-corrected chi connectivity index (χ2v) is 4.41. The van der Waals surface area contributed by atoms with Crippen LogP contribution >= 0.6 is 11.6 Å². The van der Waals surface area contributed by atoms with E-state index >= 15 is 0 Å². The van der Waals surface area contributed by atoms with Crippen molar-refractivity contribution in [2.45, 2.75) is 13.5 Å². The van der Waals surface area contributed by atoms with Crippen molar-refractivity contribution >= 4 is 23.7 Å². The van der Waals surface area contributed by atoms with Crippen molar-refractivity contribution in [3.8, 4) is 0 Å². The molecule has 1 rings (SSSR count). The number of aliphatic imine (C=N–C) groups is 1. The SMILES string of the molecule is CN=C(C)N(/C=C(\C=O)OC)Cc1ccc(F)c(Cl)c1. The maximum atomic E-state index is 13.1. The molecular weight excluding hydrogens is 283 g/mol. The number of carbonyl (C=O) groups excluding carboxylic acids is 1. The number of hydrogen-bond donors (Lipinski definition) is 0. The molecule has 0 unspecified atom stereocenters. The highest BCUT2D eigenvalue weighted by Gasteiger charge is 2.09. The molecule has 0 bridgehead atoms. The molecule has 0 saturated carbocycles. The second kappa shape index (κ2) is 7.65. The summed E-state index contributed by atoms with van der Waals surface area (Å²) < 4.78 is 18.0. The molecule has 0 aliphatic rings. The third kappa shape index (κ3) is 4.35. The third-order valence-electron chi connectivity index (χ3n) is 2.71. The van der Waals surface area contributed by atoms with Gasteiger partial charge in [-0.2, -0.15) is 0 Å². The van der Waals surface area contributed by atoms with Gasteiger partial charge in [-0.05, 0) is 24.6 Å². The zero-order valence-electron chi connectivity index (χ0n) is 11.6. The lowest BCUT2D eigenvalue weighted by Gasteiger charge is -2.20. The number of nitrogens with zero attached hydrogens (tertiary/aromatic N) is 2. The summed E-state index contributed by atoms with van der Waals surface area (Å²) in [5.74, 6) is 0.381. The van der Waals surface area contributed by atoms with Gasteiger partial charge in [0.2, 0.25) is 0 Å². The molecule has 0 amide bonds. The number of allylic oxidation sites excluding steroid dienone is 1. The van der Waals surface area contributed by atoms with Crippen molar-refractivity contribution in [3.63, 3.8) is 0 Å².